The van der Waals surface area contributed by atoms with Gasteiger partial charge in [0.1, 0.15) is 0 Å². The van der Waals surface area contributed by atoms with Gasteiger partial charge in [-0.15, -0.1) is 0 Å². The lowest BCUT2D eigenvalue weighted by Crippen LogP contribution is -2.56. The standard InChI is InChI=1S/C33H31N7O9S/c1-16-15-23(36-40(16)18-9-12-47-13-10-18)38-11-14-48-26(33(38)46)25(49-17(2)41)30(43)35-22-8-7-21-27(24(22)28(34)42)50-37-29(21)39-31(44)19-5-3-4-6-20(19)32(39)45/h3-8,15,18,25-26H,9-14H2,1-2H3,(H2,34,42)(H,35,43)/t25-,26-/m1/s1. The predicted molar refractivity (Wildman–Crippen MR) is 178 cm³/mol. The summed E-state index contributed by atoms with van der Waals surface area (Å²) >= 11 is 0.804. The number of benzene rings is 2. The number of morpholine rings is 1. The Morgan fingerprint density at radius 3 is 2.40 bits per heavy atom. The number of nitrogens with two attached hydrogens (primary N) is 1. The number of primary amides is 1. The lowest BCUT2D eigenvalue weighted by molar-refractivity contribution is -0.167. The van der Waals surface area contributed by atoms with Crippen molar-refractivity contribution in [2.24, 2.45) is 5.73 Å². The van der Waals surface area contributed by atoms with Crippen LogP contribution < -0.4 is 20.9 Å². The van der Waals surface area contributed by atoms with Gasteiger partial charge in [0, 0.05) is 37.3 Å². The van der Waals surface area contributed by atoms with Crippen molar-refractivity contribution in [3.63, 3.8) is 0 Å². The van der Waals surface area contributed by atoms with Crippen molar-refractivity contribution in [3.05, 3.63) is 64.8 Å². The summed E-state index contributed by atoms with van der Waals surface area (Å²) in [4.78, 5) is 81.3. The smallest absolute Gasteiger partial charge is 0.303 e. The molecule has 258 valence electrons. The van der Waals surface area contributed by atoms with Crippen molar-refractivity contribution in [2.45, 2.75) is 44.9 Å². The highest BCUT2D eigenvalue weighted by Crippen LogP contribution is 2.39. The number of esters is 1. The fourth-order valence-electron chi connectivity index (χ4n) is 6.47. The summed E-state index contributed by atoms with van der Waals surface area (Å²) in [5, 5.41) is 7.52. The Kier molecular flexibility index (Phi) is 8.63. The number of rotatable bonds is 8. The zero-order valence-corrected chi connectivity index (χ0v) is 27.7. The van der Waals surface area contributed by atoms with Gasteiger partial charge in [0.05, 0.1) is 46.3 Å². The third-order valence-electron chi connectivity index (χ3n) is 8.80. The van der Waals surface area contributed by atoms with E-state index in [1.165, 1.54) is 29.2 Å². The van der Waals surface area contributed by atoms with Gasteiger partial charge < -0.3 is 25.3 Å². The number of fused-ring (bicyclic) bond motifs is 2. The van der Waals surface area contributed by atoms with Crippen LogP contribution in [0.3, 0.4) is 0 Å². The number of amides is 5. The highest BCUT2D eigenvalue weighted by Gasteiger charge is 2.44. The fourth-order valence-corrected chi connectivity index (χ4v) is 7.39. The molecule has 0 aliphatic carbocycles. The van der Waals surface area contributed by atoms with E-state index in [9.17, 15) is 28.8 Å². The first kappa shape index (κ1) is 33.0. The number of aryl methyl sites for hydroxylation is 1. The average molecular weight is 702 g/mol. The molecule has 16 nitrogen and oxygen atoms in total. The summed E-state index contributed by atoms with van der Waals surface area (Å²) in [6.07, 6.45) is -1.73. The maximum absolute atomic E-state index is 13.8. The fraction of sp³-hybridized carbons (Fsp3) is 0.333. The topological polar surface area (TPSA) is 205 Å². The van der Waals surface area contributed by atoms with Gasteiger partial charge in [-0.2, -0.15) is 9.47 Å². The number of carbonyl (C=O) groups excluding carboxylic acids is 6. The first-order valence-corrected chi connectivity index (χ1v) is 16.6. The van der Waals surface area contributed by atoms with Crippen molar-refractivity contribution in [1.82, 2.24) is 14.2 Å². The van der Waals surface area contributed by atoms with Crippen LogP contribution in [0.25, 0.3) is 10.1 Å². The minimum Gasteiger partial charge on any atom is -0.449 e. The van der Waals surface area contributed by atoms with Crippen LogP contribution in [0.1, 0.15) is 62.6 Å². The summed E-state index contributed by atoms with van der Waals surface area (Å²) in [5.41, 5.74) is 6.82. The van der Waals surface area contributed by atoms with Crippen LogP contribution in [0.2, 0.25) is 0 Å². The van der Waals surface area contributed by atoms with Gasteiger partial charge in [-0.25, -0.2) is 4.90 Å². The van der Waals surface area contributed by atoms with Gasteiger partial charge in [0.2, 0.25) is 6.10 Å². The summed E-state index contributed by atoms with van der Waals surface area (Å²) in [5.74, 6) is -4.17. The summed E-state index contributed by atoms with van der Waals surface area (Å²) in [7, 11) is 0. The first-order valence-electron chi connectivity index (χ1n) is 15.8. The highest BCUT2D eigenvalue weighted by atomic mass is 32.1. The Labute approximate surface area is 288 Å². The largest absolute Gasteiger partial charge is 0.449 e. The first-order chi connectivity index (χ1) is 24.0. The Bertz CT molecular complexity index is 2050. The van der Waals surface area contributed by atoms with Crippen molar-refractivity contribution in [1.29, 1.82) is 0 Å². The van der Waals surface area contributed by atoms with Crippen molar-refractivity contribution >= 4 is 74.4 Å². The number of nitrogens with zero attached hydrogens (tertiary/aromatic N) is 5. The molecule has 2 aromatic carbocycles. The Balaban J connectivity index is 1.16. The number of nitrogens with one attached hydrogen (secondary N) is 1. The van der Waals surface area contributed by atoms with Gasteiger partial charge in [-0.3, -0.25) is 38.3 Å². The van der Waals surface area contributed by atoms with Crippen LogP contribution in [0.4, 0.5) is 17.3 Å². The van der Waals surface area contributed by atoms with Gasteiger partial charge in [0.15, 0.2) is 17.7 Å². The molecule has 2 fully saturated rings. The van der Waals surface area contributed by atoms with Crippen LogP contribution >= 0.6 is 11.5 Å². The predicted octanol–water partition coefficient (Wildman–Crippen LogP) is 2.35. The summed E-state index contributed by atoms with van der Waals surface area (Å²) in [6, 6.07) is 11.1. The van der Waals surface area contributed by atoms with Crippen molar-refractivity contribution in [3.8, 4) is 0 Å². The van der Waals surface area contributed by atoms with E-state index in [0.29, 0.717) is 19.0 Å². The molecule has 3 N–H and O–H groups in total. The Morgan fingerprint density at radius 2 is 1.74 bits per heavy atom. The van der Waals surface area contributed by atoms with Crippen LogP contribution in [0.15, 0.2) is 42.5 Å². The third-order valence-corrected chi connectivity index (χ3v) is 9.67. The van der Waals surface area contributed by atoms with Crippen LogP contribution in [0, 0.1) is 6.92 Å². The van der Waals surface area contributed by atoms with Crippen molar-refractivity contribution in [2.75, 3.05) is 41.5 Å². The van der Waals surface area contributed by atoms with Gasteiger partial charge in [0.25, 0.3) is 29.5 Å². The van der Waals surface area contributed by atoms with E-state index in [1.54, 1.807) is 18.2 Å². The average Bonchev–Trinajstić information content (AvgIpc) is 3.77. The molecule has 2 saturated heterocycles. The zero-order valence-electron chi connectivity index (χ0n) is 26.9. The SMILES string of the molecule is CC(=O)O[C@@H](C(=O)Nc1ccc2c(N3C(=O)c4ccccc4C3=O)nsc2c1C(N)=O)[C@H]1OCCN(c2cc(C)n(C3CCOCC3)n2)C1=O. The molecule has 0 saturated carbocycles. The minimum atomic E-state index is -1.76. The maximum atomic E-state index is 13.8. The molecule has 0 spiro atoms. The molecule has 3 aliphatic heterocycles. The lowest BCUT2D eigenvalue weighted by atomic mass is 10.1. The molecule has 4 aromatic rings. The molecule has 2 aromatic heterocycles. The normalized spacial score (nSPS) is 18.8. The van der Waals surface area contributed by atoms with E-state index >= 15 is 0 Å². The monoisotopic (exact) mass is 701 g/mol. The van der Waals surface area contributed by atoms with E-state index in [0.717, 1.165) is 41.9 Å². The molecular formula is C33H31N7O9S. The van der Waals surface area contributed by atoms with E-state index in [2.05, 4.69) is 14.8 Å². The van der Waals surface area contributed by atoms with Gasteiger partial charge in [-0.1, -0.05) is 12.1 Å². The summed E-state index contributed by atoms with van der Waals surface area (Å²) in [6.45, 7) is 4.37. The number of hydrogen-bond acceptors (Lipinski definition) is 12. The molecule has 0 bridgehead atoms. The number of imide groups is 1. The highest BCUT2D eigenvalue weighted by molar-refractivity contribution is 7.14. The number of hydrogen-bond donors (Lipinski definition) is 2. The van der Waals surface area contributed by atoms with E-state index in [4.69, 9.17) is 19.9 Å². The molecule has 5 amide bonds. The summed E-state index contributed by atoms with van der Waals surface area (Å²) < 4.78 is 22.9. The second-order valence-electron chi connectivity index (χ2n) is 12.0. The van der Waals surface area contributed by atoms with Crippen molar-refractivity contribution < 1.29 is 43.0 Å². The lowest BCUT2D eigenvalue weighted by Gasteiger charge is -2.34. The van der Waals surface area contributed by atoms with Crippen LogP contribution in [0.5, 0.6) is 0 Å². The zero-order chi connectivity index (χ0) is 35.3. The molecule has 7 rings (SSSR count). The number of ether oxygens (including phenoxy) is 3. The van der Waals surface area contributed by atoms with E-state index in [-0.39, 0.29) is 57.5 Å². The number of carbonyl (C=O) groups is 6. The number of anilines is 3. The third kappa shape index (κ3) is 5.68. The molecule has 2 atom stereocenters. The quantitative estimate of drug-likeness (QED) is 0.202. The van der Waals surface area contributed by atoms with Gasteiger partial charge in [-0.05, 0) is 55.6 Å². The molecule has 0 unspecified atom stereocenters. The Morgan fingerprint density at radius 1 is 1.04 bits per heavy atom. The van der Waals surface area contributed by atoms with Crippen LogP contribution in [-0.2, 0) is 28.6 Å². The maximum Gasteiger partial charge on any atom is 0.303 e. The molecule has 3 aliphatic rings. The molecule has 17 heteroatoms. The molecule has 50 heavy (non-hydrogen) atoms. The minimum absolute atomic E-state index is 0.00478. The molecular weight excluding hydrogens is 670 g/mol. The van der Waals surface area contributed by atoms with Gasteiger partial charge >= 0.3 is 5.97 Å². The molecule has 5 heterocycles. The number of aromatic nitrogens is 3. The van der Waals surface area contributed by atoms with Crippen LogP contribution in [-0.4, -0.2) is 88.2 Å². The Hall–Kier alpha value is -5.52. The van der Waals surface area contributed by atoms with E-state index < -0.39 is 47.7 Å². The second-order valence-corrected chi connectivity index (χ2v) is 12.7. The second kappa shape index (κ2) is 13.1. The van der Waals surface area contributed by atoms with E-state index in [1.807, 2.05) is 11.6 Å². The molecule has 0 radical (unpaired) electrons.